The highest BCUT2D eigenvalue weighted by Crippen LogP contribution is 2.42. The minimum absolute atomic E-state index is 0.116. The summed E-state index contributed by atoms with van der Waals surface area (Å²) < 4.78 is 13.6. The molecule has 1 saturated heterocycles. The number of benzene rings is 1. The third-order valence-corrected chi connectivity index (χ3v) is 4.51. The topological polar surface area (TPSA) is 49.4 Å². The normalized spacial score (nSPS) is 26.5. The predicted molar refractivity (Wildman–Crippen MR) is 77.4 cm³/mol. The summed E-state index contributed by atoms with van der Waals surface area (Å²) in [4.78, 5) is 26.5. The van der Waals surface area contributed by atoms with Crippen LogP contribution in [0.5, 0.6) is 0 Å². The zero-order chi connectivity index (χ0) is 15.2. The molecule has 2 amide bonds. The molecule has 21 heavy (non-hydrogen) atoms. The van der Waals surface area contributed by atoms with Gasteiger partial charge in [0.05, 0.1) is 0 Å². The van der Waals surface area contributed by atoms with Crippen LogP contribution in [0.4, 0.5) is 10.1 Å². The molecule has 2 fully saturated rings. The predicted octanol–water partition coefficient (Wildman–Crippen LogP) is 2.16. The molecular weight excluding hydrogens is 271 g/mol. The second kappa shape index (κ2) is 4.83. The van der Waals surface area contributed by atoms with Gasteiger partial charge in [-0.3, -0.25) is 9.59 Å². The average molecular weight is 290 g/mol. The molecule has 1 aromatic carbocycles. The van der Waals surface area contributed by atoms with Gasteiger partial charge in [0.25, 0.3) is 5.91 Å². The van der Waals surface area contributed by atoms with E-state index in [1.807, 2.05) is 6.92 Å². The van der Waals surface area contributed by atoms with Crippen molar-refractivity contribution >= 4 is 17.5 Å². The number of carbonyl (C=O) groups excluding carboxylic acids is 2. The van der Waals surface area contributed by atoms with Crippen LogP contribution < -0.4 is 10.2 Å². The van der Waals surface area contributed by atoms with E-state index in [9.17, 15) is 14.0 Å². The Balaban J connectivity index is 2.02. The summed E-state index contributed by atoms with van der Waals surface area (Å²) in [5.74, 6) is -0.442. The smallest absolute Gasteiger partial charge is 0.252 e. The Hall–Kier alpha value is -1.91. The molecule has 0 bridgehead atoms. The van der Waals surface area contributed by atoms with E-state index in [-0.39, 0.29) is 36.5 Å². The molecule has 1 heterocycles. The van der Waals surface area contributed by atoms with Gasteiger partial charge in [-0.2, -0.15) is 0 Å². The standard InChI is InChI=1S/C16H19FN2O2/c1-10-3-6-12(17)9-13(10)19-8-7-14(20)18-16(2,15(19)21)11-4-5-11/h3,6,9,11H,4-5,7-8H2,1-2H3,(H,18,20). The molecule has 1 aliphatic heterocycles. The molecule has 112 valence electrons. The Kier molecular flexibility index (Phi) is 3.23. The van der Waals surface area contributed by atoms with Crippen molar-refractivity contribution in [3.63, 3.8) is 0 Å². The summed E-state index contributed by atoms with van der Waals surface area (Å²) in [6, 6.07) is 4.41. The van der Waals surface area contributed by atoms with Gasteiger partial charge in [-0.25, -0.2) is 4.39 Å². The molecule has 1 saturated carbocycles. The Morgan fingerprint density at radius 2 is 2.05 bits per heavy atom. The average Bonchev–Trinajstić information content (AvgIpc) is 3.26. The molecule has 3 rings (SSSR count). The third-order valence-electron chi connectivity index (χ3n) is 4.51. The SMILES string of the molecule is Cc1ccc(F)cc1N1CCC(=O)NC(C)(C2CC2)C1=O. The Morgan fingerprint density at radius 3 is 2.71 bits per heavy atom. The fourth-order valence-electron chi connectivity index (χ4n) is 3.04. The lowest BCUT2D eigenvalue weighted by Gasteiger charge is -2.33. The van der Waals surface area contributed by atoms with Crippen molar-refractivity contribution in [1.29, 1.82) is 0 Å². The second-order valence-corrected chi connectivity index (χ2v) is 6.16. The van der Waals surface area contributed by atoms with E-state index in [0.29, 0.717) is 5.69 Å². The first kappa shape index (κ1) is 14.0. The van der Waals surface area contributed by atoms with Gasteiger partial charge in [0, 0.05) is 18.7 Å². The number of nitrogens with zero attached hydrogens (tertiary/aromatic N) is 1. The molecule has 0 aromatic heterocycles. The van der Waals surface area contributed by atoms with Gasteiger partial charge in [0.2, 0.25) is 5.91 Å². The van der Waals surface area contributed by atoms with Gasteiger partial charge in [-0.1, -0.05) is 6.07 Å². The lowest BCUT2D eigenvalue weighted by atomic mass is 9.93. The van der Waals surface area contributed by atoms with Gasteiger partial charge in [-0.05, 0) is 50.3 Å². The lowest BCUT2D eigenvalue weighted by molar-refractivity contribution is -0.130. The Bertz CT molecular complexity index is 612. The summed E-state index contributed by atoms with van der Waals surface area (Å²) in [5.41, 5.74) is 0.521. The van der Waals surface area contributed by atoms with Crippen molar-refractivity contribution in [2.45, 2.75) is 38.6 Å². The number of nitrogens with one attached hydrogen (secondary N) is 1. The minimum Gasteiger partial charge on any atom is -0.342 e. The van der Waals surface area contributed by atoms with Crippen LogP contribution in [0.15, 0.2) is 18.2 Å². The first-order chi connectivity index (χ1) is 9.91. The van der Waals surface area contributed by atoms with Crippen LogP contribution in [0.25, 0.3) is 0 Å². The van der Waals surface area contributed by atoms with E-state index in [1.165, 1.54) is 12.1 Å². The number of anilines is 1. The fourth-order valence-corrected chi connectivity index (χ4v) is 3.04. The van der Waals surface area contributed by atoms with Crippen LogP contribution in [-0.4, -0.2) is 23.9 Å². The molecule has 1 aromatic rings. The minimum atomic E-state index is -0.869. The third kappa shape index (κ3) is 2.41. The molecule has 1 unspecified atom stereocenters. The summed E-state index contributed by atoms with van der Waals surface area (Å²) in [6.07, 6.45) is 2.13. The maximum atomic E-state index is 13.6. The number of hydrogen-bond donors (Lipinski definition) is 1. The highest BCUT2D eigenvalue weighted by Gasteiger charge is 2.51. The zero-order valence-electron chi connectivity index (χ0n) is 12.3. The van der Waals surface area contributed by atoms with Gasteiger partial charge >= 0.3 is 0 Å². The molecular formula is C16H19FN2O2. The van der Waals surface area contributed by atoms with Crippen molar-refractivity contribution in [3.05, 3.63) is 29.6 Å². The van der Waals surface area contributed by atoms with Crippen molar-refractivity contribution < 1.29 is 14.0 Å². The van der Waals surface area contributed by atoms with Gasteiger partial charge in [0.1, 0.15) is 11.4 Å². The van der Waals surface area contributed by atoms with E-state index in [1.54, 1.807) is 17.9 Å². The van der Waals surface area contributed by atoms with Crippen LogP contribution in [0, 0.1) is 18.7 Å². The highest BCUT2D eigenvalue weighted by molar-refractivity contribution is 6.04. The van der Waals surface area contributed by atoms with Crippen LogP contribution >= 0.6 is 0 Å². The summed E-state index contributed by atoms with van der Waals surface area (Å²) in [5, 5.41) is 2.88. The van der Waals surface area contributed by atoms with Crippen LogP contribution in [0.3, 0.4) is 0 Å². The number of rotatable bonds is 2. The van der Waals surface area contributed by atoms with Gasteiger partial charge in [0.15, 0.2) is 0 Å². The zero-order valence-corrected chi connectivity index (χ0v) is 12.3. The summed E-state index contributed by atoms with van der Waals surface area (Å²) in [7, 11) is 0. The largest absolute Gasteiger partial charge is 0.342 e. The van der Waals surface area contributed by atoms with Crippen LogP contribution in [0.1, 0.15) is 31.7 Å². The Morgan fingerprint density at radius 1 is 1.33 bits per heavy atom. The van der Waals surface area contributed by atoms with E-state index in [2.05, 4.69) is 5.32 Å². The van der Waals surface area contributed by atoms with Crippen molar-refractivity contribution in [1.82, 2.24) is 5.32 Å². The molecule has 1 aliphatic carbocycles. The van der Waals surface area contributed by atoms with E-state index < -0.39 is 5.54 Å². The maximum absolute atomic E-state index is 13.6. The number of carbonyl (C=O) groups is 2. The molecule has 2 aliphatic rings. The van der Waals surface area contributed by atoms with Crippen molar-refractivity contribution in [2.24, 2.45) is 5.92 Å². The highest BCUT2D eigenvalue weighted by atomic mass is 19.1. The van der Waals surface area contributed by atoms with Gasteiger partial charge in [-0.15, -0.1) is 0 Å². The molecule has 1 N–H and O–H groups in total. The monoisotopic (exact) mass is 290 g/mol. The molecule has 5 heteroatoms. The van der Waals surface area contributed by atoms with Gasteiger partial charge < -0.3 is 10.2 Å². The van der Waals surface area contributed by atoms with Crippen LogP contribution in [-0.2, 0) is 9.59 Å². The number of aryl methyl sites for hydroxylation is 1. The number of hydrogen-bond acceptors (Lipinski definition) is 2. The number of halogens is 1. The lowest BCUT2D eigenvalue weighted by Crippen LogP contribution is -2.57. The summed E-state index contributed by atoms with van der Waals surface area (Å²) in [6.45, 7) is 3.92. The first-order valence-electron chi connectivity index (χ1n) is 7.31. The molecule has 0 spiro atoms. The van der Waals surface area contributed by atoms with E-state index in [4.69, 9.17) is 0 Å². The van der Waals surface area contributed by atoms with Crippen LogP contribution in [0.2, 0.25) is 0 Å². The fraction of sp³-hybridized carbons (Fsp3) is 0.500. The summed E-state index contributed by atoms with van der Waals surface area (Å²) >= 11 is 0. The molecule has 0 radical (unpaired) electrons. The molecule has 4 nitrogen and oxygen atoms in total. The quantitative estimate of drug-likeness (QED) is 0.907. The first-order valence-corrected chi connectivity index (χ1v) is 7.31. The molecule has 1 atom stereocenters. The van der Waals surface area contributed by atoms with E-state index in [0.717, 1.165) is 18.4 Å². The maximum Gasteiger partial charge on any atom is 0.252 e. The second-order valence-electron chi connectivity index (χ2n) is 6.16. The van der Waals surface area contributed by atoms with Crippen molar-refractivity contribution in [2.75, 3.05) is 11.4 Å². The number of amides is 2. The van der Waals surface area contributed by atoms with E-state index >= 15 is 0 Å². The Labute approximate surface area is 123 Å². The van der Waals surface area contributed by atoms with Crippen molar-refractivity contribution in [3.8, 4) is 0 Å².